The van der Waals surface area contributed by atoms with Gasteiger partial charge < -0.3 is 5.73 Å². The van der Waals surface area contributed by atoms with Crippen LogP contribution in [0, 0.1) is 0 Å². The summed E-state index contributed by atoms with van der Waals surface area (Å²) in [6.07, 6.45) is 3.14. The Balaban J connectivity index is 2.52. The molecular formula is C14H27N3S. The maximum atomic E-state index is 6.22. The SMILES string of the molecule is CCc1cc(CC(N)CSC(C)CC)n(CC)n1. The predicted octanol–water partition coefficient (Wildman–Crippen LogP) is 2.87. The summed E-state index contributed by atoms with van der Waals surface area (Å²) in [5.41, 5.74) is 8.68. The number of aromatic nitrogens is 2. The van der Waals surface area contributed by atoms with Crippen molar-refractivity contribution in [3.8, 4) is 0 Å². The van der Waals surface area contributed by atoms with Crippen molar-refractivity contribution in [3.05, 3.63) is 17.5 Å². The van der Waals surface area contributed by atoms with Crippen LogP contribution in [0.3, 0.4) is 0 Å². The number of rotatable bonds is 8. The maximum absolute atomic E-state index is 6.22. The second-order valence-electron chi connectivity index (χ2n) is 4.81. The van der Waals surface area contributed by atoms with Crippen molar-refractivity contribution in [1.82, 2.24) is 9.78 Å². The fourth-order valence-electron chi connectivity index (χ4n) is 1.86. The lowest BCUT2D eigenvalue weighted by Crippen LogP contribution is -2.27. The van der Waals surface area contributed by atoms with Crippen LogP contribution in [0.1, 0.15) is 45.5 Å². The zero-order valence-corrected chi connectivity index (χ0v) is 13.0. The molecule has 0 radical (unpaired) electrons. The largest absolute Gasteiger partial charge is 0.327 e. The van der Waals surface area contributed by atoms with Gasteiger partial charge in [0.05, 0.1) is 5.69 Å². The van der Waals surface area contributed by atoms with Gasteiger partial charge in [0.2, 0.25) is 0 Å². The summed E-state index contributed by atoms with van der Waals surface area (Å²) in [7, 11) is 0. The zero-order chi connectivity index (χ0) is 13.5. The average Bonchev–Trinajstić information content (AvgIpc) is 2.78. The van der Waals surface area contributed by atoms with Crippen LogP contribution >= 0.6 is 11.8 Å². The van der Waals surface area contributed by atoms with E-state index in [1.807, 2.05) is 11.8 Å². The van der Waals surface area contributed by atoms with Crippen LogP contribution in [0.15, 0.2) is 6.07 Å². The minimum atomic E-state index is 0.232. The van der Waals surface area contributed by atoms with Gasteiger partial charge in [-0.3, -0.25) is 4.68 Å². The van der Waals surface area contributed by atoms with Crippen LogP contribution in [-0.2, 0) is 19.4 Å². The summed E-state index contributed by atoms with van der Waals surface area (Å²) in [5.74, 6) is 1.03. The van der Waals surface area contributed by atoms with Gasteiger partial charge in [-0.2, -0.15) is 16.9 Å². The smallest absolute Gasteiger partial charge is 0.0624 e. The van der Waals surface area contributed by atoms with Crippen LogP contribution in [-0.4, -0.2) is 26.8 Å². The highest BCUT2D eigenvalue weighted by molar-refractivity contribution is 7.99. The molecule has 0 aliphatic rings. The minimum absolute atomic E-state index is 0.232. The molecule has 0 spiro atoms. The van der Waals surface area contributed by atoms with E-state index in [9.17, 15) is 0 Å². The third-order valence-corrected chi connectivity index (χ3v) is 4.74. The van der Waals surface area contributed by atoms with E-state index in [4.69, 9.17) is 5.73 Å². The molecule has 2 unspecified atom stereocenters. The monoisotopic (exact) mass is 269 g/mol. The van der Waals surface area contributed by atoms with E-state index < -0.39 is 0 Å². The van der Waals surface area contributed by atoms with E-state index in [2.05, 4.69) is 43.5 Å². The number of hydrogen-bond acceptors (Lipinski definition) is 3. The molecule has 104 valence electrons. The van der Waals surface area contributed by atoms with E-state index in [1.165, 1.54) is 17.8 Å². The number of nitrogens with zero attached hydrogens (tertiary/aromatic N) is 2. The lowest BCUT2D eigenvalue weighted by Gasteiger charge is -2.14. The van der Waals surface area contributed by atoms with Gasteiger partial charge in [0.1, 0.15) is 0 Å². The van der Waals surface area contributed by atoms with Crippen molar-refractivity contribution >= 4 is 11.8 Å². The second kappa shape index (κ2) is 7.85. The quantitative estimate of drug-likeness (QED) is 0.789. The lowest BCUT2D eigenvalue weighted by atomic mass is 10.2. The highest BCUT2D eigenvalue weighted by Crippen LogP contribution is 2.16. The first kappa shape index (κ1) is 15.6. The predicted molar refractivity (Wildman–Crippen MR) is 81.2 cm³/mol. The number of thioether (sulfide) groups is 1. The highest BCUT2D eigenvalue weighted by atomic mass is 32.2. The number of nitrogens with two attached hydrogens (primary N) is 1. The average molecular weight is 269 g/mol. The normalized spacial score (nSPS) is 14.7. The lowest BCUT2D eigenvalue weighted by molar-refractivity contribution is 0.591. The van der Waals surface area contributed by atoms with Crippen molar-refractivity contribution in [3.63, 3.8) is 0 Å². The second-order valence-corrected chi connectivity index (χ2v) is 6.28. The Morgan fingerprint density at radius 3 is 2.67 bits per heavy atom. The highest BCUT2D eigenvalue weighted by Gasteiger charge is 2.11. The van der Waals surface area contributed by atoms with E-state index in [0.717, 1.165) is 25.1 Å². The summed E-state index contributed by atoms with van der Waals surface area (Å²) >= 11 is 1.98. The van der Waals surface area contributed by atoms with E-state index in [1.54, 1.807) is 0 Å². The molecule has 0 saturated heterocycles. The van der Waals surface area contributed by atoms with Gasteiger partial charge in [-0.1, -0.05) is 20.8 Å². The Kier molecular flexibility index (Phi) is 6.79. The molecule has 0 bridgehead atoms. The third-order valence-electron chi connectivity index (χ3n) is 3.22. The van der Waals surface area contributed by atoms with Crippen LogP contribution in [0.25, 0.3) is 0 Å². The molecule has 1 rings (SSSR count). The molecule has 1 aromatic heterocycles. The number of hydrogen-bond donors (Lipinski definition) is 1. The molecule has 0 saturated carbocycles. The fraction of sp³-hybridized carbons (Fsp3) is 0.786. The standard InChI is InChI=1S/C14H27N3S/c1-5-11(4)18-10-12(15)8-14-9-13(6-2)16-17(14)7-3/h9,11-12H,5-8,10,15H2,1-4H3. The molecule has 1 aromatic rings. The van der Waals surface area contributed by atoms with Crippen LogP contribution in [0.5, 0.6) is 0 Å². The van der Waals surface area contributed by atoms with Crippen LogP contribution in [0.2, 0.25) is 0 Å². The molecule has 0 aliphatic heterocycles. The van der Waals surface area contributed by atoms with Gasteiger partial charge >= 0.3 is 0 Å². The minimum Gasteiger partial charge on any atom is -0.327 e. The van der Waals surface area contributed by atoms with E-state index in [0.29, 0.717) is 5.25 Å². The molecule has 0 fully saturated rings. The number of aryl methyl sites for hydroxylation is 2. The van der Waals surface area contributed by atoms with Crippen molar-refractivity contribution in [2.45, 2.75) is 64.8 Å². The van der Waals surface area contributed by atoms with Gasteiger partial charge in [0.15, 0.2) is 0 Å². The first-order valence-corrected chi connectivity index (χ1v) is 8.08. The first-order valence-electron chi connectivity index (χ1n) is 7.03. The Hall–Kier alpha value is -0.480. The molecule has 1 heterocycles. The molecule has 0 aliphatic carbocycles. The molecule has 3 nitrogen and oxygen atoms in total. The Bertz CT molecular complexity index is 349. The molecule has 2 atom stereocenters. The summed E-state index contributed by atoms with van der Waals surface area (Å²) in [5, 5.41) is 5.27. The maximum Gasteiger partial charge on any atom is 0.0624 e. The topological polar surface area (TPSA) is 43.8 Å². The molecule has 2 N–H and O–H groups in total. The summed E-state index contributed by atoms with van der Waals surface area (Å²) in [6, 6.07) is 2.44. The van der Waals surface area contributed by atoms with Crippen molar-refractivity contribution < 1.29 is 0 Å². The fourth-order valence-corrected chi connectivity index (χ4v) is 2.79. The van der Waals surface area contributed by atoms with Crippen molar-refractivity contribution in [2.24, 2.45) is 5.73 Å². The van der Waals surface area contributed by atoms with E-state index >= 15 is 0 Å². The van der Waals surface area contributed by atoms with Gasteiger partial charge in [-0.05, 0) is 25.8 Å². The molecule has 0 amide bonds. The zero-order valence-electron chi connectivity index (χ0n) is 12.1. The van der Waals surface area contributed by atoms with Gasteiger partial charge in [0, 0.05) is 35.7 Å². The van der Waals surface area contributed by atoms with E-state index in [-0.39, 0.29) is 6.04 Å². The molecule has 0 aromatic carbocycles. The van der Waals surface area contributed by atoms with Crippen LogP contribution < -0.4 is 5.73 Å². The van der Waals surface area contributed by atoms with Gasteiger partial charge in [-0.15, -0.1) is 0 Å². The summed E-state index contributed by atoms with van der Waals surface area (Å²) in [6.45, 7) is 9.70. The summed E-state index contributed by atoms with van der Waals surface area (Å²) < 4.78 is 2.09. The Morgan fingerprint density at radius 1 is 1.39 bits per heavy atom. The van der Waals surface area contributed by atoms with Crippen molar-refractivity contribution in [1.29, 1.82) is 0 Å². The third kappa shape index (κ3) is 4.65. The van der Waals surface area contributed by atoms with Gasteiger partial charge in [-0.25, -0.2) is 0 Å². The van der Waals surface area contributed by atoms with Gasteiger partial charge in [0.25, 0.3) is 0 Å². The molecular weight excluding hydrogens is 242 g/mol. The molecule has 4 heteroatoms. The summed E-state index contributed by atoms with van der Waals surface area (Å²) in [4.78, 5) is 0. The van der Waals surface area contributed by atoms with Crippen LogP contribution in [0.4, 0.5) is 0 Å². The Labute approximate surface area is 116 Å². The molecule has 18 heavy (non-hydrogen) atoms. The Morgan fingerprint density at radius 2 is 2.11 bits per heavy atom. The van der Waals surface area contributed by atoms with Crippen molar-refractivity contribution in [2.75, 3.05) is 5.75 Å². The first-order chi connectivity index (χ1) is 8.60.